The Hall–Kier alpha value is -2.90. The number of hydrogen-bond acceptors (Lipinski definition) is 6. The summed E-state index contributed by atoms with van der Waals surface area (Å²) in [5, 5.41) is 15.8. The minimum Gasteiger partial charge on any atom is -0.490 e. The Labute approximate surface area is 119 Å². The zero-order valence-electron chi connectivity index (χ0n) is 11.0. The van der Waals surface area contributed by atoms with E-state index in [-0.39, 0.29) is 25.5 Å². The van der Waals surface area contributed by atoms with Gasteiger partial charge in [0, 0.05) is 0 Å². The highest BCUT2D eigenvalue weighted by molar-refractivity contribution is 5.85. The zero-order chi connectivity index (χ0) is 15.1. The topological polar surface area (TPSA) is 104 Å². The van der Waals surface area contributed by atoms with E-state index < -0.39 is 11.9 Å². The van der Waals surface area contributed by atoms with E-state index in [0.717, 1.165) is 10.9 Å². The number of nitrogens with zero attached hydrogens (tertiary/aromatic N) is 3. The summed E-state index contributed by atoms with van der Waals surface area (Å²) in [5.74, 6) is -1.14. The summed E-state index contributed by atoms with van der Waals surface area (Å²) in [6, 6.07) is 9.11. The molecular formula is C13H13N3O5. The first-order valence-corrected chi connectivity index (χ1v) is 6.12. The number of aromatic carboxylic acids is 1. The molecule has 0 fully saturated rings. The summed E-state index contributed by atoms with van der Waals surface area (Å²) < 4.78 is 11.2. The molecule has 1 aromatic heterocycles. The molecule has 0 unspecified atom stereocenters. The van der Waals surface area contributed by atoms with Crippen LogP contribution in [0.4, 0.5) is 0 Å². The van der Waals surface area contributed by atoms with Crippen molar-refractivity contribution in [3.8, 4) is 5.75 Å². The average molecular weight is 291 g/mol. The summed E-state index contributed by atoms with van der Waals surface area (Å²) in [6.07, 6.45) is 1.06. The van der Waals surface area contributed by atoms with E-state index in [4.69, 9.17) is 14.6 Å². The molecule has 0 saturated heterocycles. The second-order valence-electron chi connectivity index (χ2n) is 3.96. The average Bonchev–Trinajstić information content (AvgIpc) is 2.93. The van der Waals surface area contributed by atoms with E-state index in [9.17, 15) is 9.59 Å². The predicted molar refractivity (Wildman–Crippen MR) is 69.9 cm³/mol. The van der Waals surface area contributed by atoms with Gasteiger partial charge in [-0.2, -0.15) is 0 Å². The van der Waals surface area contributed by atoms with E-state index in [1.165, 1.54) is 0 Å². The molecule has 21 heavy (non-hydrogen) atoms. The first kappa shape index (κ1) is 14.5. The lowest BCUT2D eigenvalue weighted by Crippen LogP contribution is -2.20. The number of para-hydroxylation sites is 1. The van der Waals surface area contributed by atoms with Crippen LogP contribution in [-0.2, 0) is 16.1 Å². The smallest absolute Gasteiger partial charge is 0.355 e. The van der Waals surface area contributed by atoms with Crippen molar-refractivity contribution < 1.29 is 24.2 Å². The van der Waals surface area contributed by atoms with Gasteiger partial charge >= 0.3 is 11.9 Å². The number of esters is 1. The Balaban J connectivity index is 1.73. The third-order valence-electron chi connectivity index (χ3n) is 2.47. The molecule has 0 spiro atoms. The zero-order valence-corrected chi connectivity index (χ0v) is 11.0. The van der Waals surface area contributed by atoms with Crippen molar-refractivity contribution in [3.05, 3.63) is 42.2 Å². The normalized spacial score (nSPS) is 10.1. The minimum atomic E-state index is -1.21. The molecule has 2 rings (SSSR count). The number of hydrogen-bond donors (Lipinski definition) is 1. The molecule has 0 saturated carbocycles. The molecule has 0 radical (unpaired) electrons. The fourth-order valence-corrected chi connectivity index (χ4v) is 1.54. The Bertz CT molecular complexity index is 611. The van der Waals surface area contributed by atoms with Gasteiger partial charge in [-0.15, -0.1) is 5.10 Å². The van der Waals surface area contributed by atoms with E-state index in [1.807, 2.05) is 18.2 Å². The maximum atomic E-state index is 11.5. The fraction of sp³-hybridized carbons (Fsp3) is 0.231. The number of aromatic nitrogens is 3. The molecule has 0 atom stereocenters. The number of carbonyl (C=O) groups is 2. The predicted octanol–water partition coefficient (Wildman–Crippen LogP) is 0.598. The lowest BCUT2D eigenvalue weighted by atomic mass is 10.3. The van der Waals surface area contributed by atoms with E-state index in [2.05, 4.69) is 10.3 Å². The van der Waals surface area contributed by atoms with Gasteiger partial charge in [-0.05, 0) is 12.1 Å². The third kappa shape index (κ3) is 4.30. The molecule has 1 aromatic carbocycles. The van der Waals surface area contributed by atoms with Crippen LogP contribution in [0.5, 0.6) is 5.75 Å². The molecule has 0 aliphatic rings. The number of benzene rings is 1. The first-order chi connectivity index (χ1) is 10.2. The largest absolute Gasteiger partial charge is 0.490 e. The van der Waals surface area contributed by atoms with Crippen LogP contribution in [0.25, 0.3) is 0 Å². The molecule has 110 valence electrons. The van der Waals surface area contributed by atoms with Gasteiger partial charge in [0.15, 0.2) is 5.69 Å². The van der Waals surface area contributed by atoms with Crippen LogP contribution in [-0.4, -0.2) is 45.3 Å². The standard InChI is InChI=1S/C13H13N3O5/c17-12(9-16-11(13(18)19)8-14-15-16)21-7-6-20-10-4-2-1-3-5-10/h1-5,8H,6-7,9H2,(H,18,19). The van der Waals surface area contributed by atoms with Crippen molar-refractivity contribution in [2.45, 2.75) is 6.54 Å². The number of carboxylic acid groups (broad SMARTS) is 1. The highest BCUT2D eigenvalue weighted by atomic mass is 16.6. The highest BCUT2D eigenvalue weighted by Crippen LogP contribution is 2.07. The lowest BCUT2D eigenvalue weighted by Gasteiger charge is -2.07. The van der Waals surface area contributed by atoms with E-state index in [0.29, 0.717) is 5.75 Å². The highest BCUT2D eigenvalue weighted by Gasteiger charge is 2.14. The molecule has 8 nitrogen and oxygen atoms in total. The molecule has 1 N–H and O–H groups in total. The van der Waals surface area contributed by atoms with Crippen molar-refractivity contribution in [1.29, 1.82) is 0 Å². The lowest BCUT2D eigenvalue weighted by molar-refractivity contribution is -0.145. The van der Waals surface area contributed by atoms with Crippen LogP contribution in [0.2, 0.25) is 0 Å². The van der Waals surface area contributed by atoms with Gasteiger partial charge < -0.3 is 14.6 Å². The van der Waals surface area contributed by atoms with Gasteiger partial charge in [-0.3, -0.25) is 4.79 Å². The second kappa shape index (κ2) is 7.04. The molecule has 2 aromatic rings. The molecular weight excluding hydrogens is 278 g/mol. The van der Waals surface area contributed by atoms with Crippen LogP contribution in [0.15, 0.2) is 36.5 Å². The van der Waals surface area contributed by atoms with Crippen molar-refractivity contribution in [2.24, 2.45) is 0 Å². The summed E-state index contributed by atoms with van der Waals surface area (Å²) >= 11 is 0. The number of ether oxygens (including phenoxy) is 2. The van der Waals surface area contributed by atoms with Crippen LogP contribution < -0.4 is 4.74 Å². The number of carbonyl (C=O) groups excluding carboxylic acids is 1. The van der Waals surface area contributed by atoms with Gasteiger partial charge in [0.05, 0.1) is 6.20 Å². The van der Waals surface area contributed by atoms with Gasteiger partial charge in [0.2, 0.25) is 0 Å². The summed E-state index contributed by atoms with van der Waals surface area (Å²) in [6.45, 7) is -0.0449. The van der Waals surface area contributed by atoms with E-state index >= 15 is 0 Å². The second-order valence-corrected chi connectivity index (χ2v) is 3.96. The molecule has 0 aliphatic heterocycles. The van der Waals surface area contributed by atoms with Crippen LogP contribution >= 0.6 is 0 Å². The number of carboxylic acids is 1. The molecule has 0 bridgehead atoms. The molecule has 8 heteroatoms. The summed E-state index contributed by atoms with van der Waals surface area (Å²) in [7, 11) is 0. The Morgan fingerprint density at radius 1 is 1.19 bits per heavy atom. The van der Waals surface area contributed by atoms with Crippen LogP contribution in [0, 0.1) is 0 Å². The maximum Gasteiger partial charge on any atom is 0.355 e. The summed E-state index contributed by atoms with van der Waals surface area (Å²) in [5.41, 5.74) is -0.174. The Morgan fingerprint density at radius 3 is 2.67 bits per heavy atom. The van der Waals surface area contributed by atoms with Crippen molar-refractivity contribution in [3.63, 3.8) is 0 Å². The van der Waals surface area contributed by atoms with Gasteiger partial charge in [0.25, 0.3) is 0 Å². The van der Waals surface area contributed by atoms with Crippen molar-refractivity contribution >= 4 is 11.9 Å². The monoisotopic (exact) mass is 291 g/mol. The van der Waals surface area contributed by atoms with Crippen molar-refractivity contribution in [1.82, 2.24) is 15.0 Å². The van der Waals surface area contributed by atoms with Gasteiger partial charge in [-0.1, -0.05) is 23.4 Å². The third-order valence-corrected chi connectivity index (χ3v) is 2.47. The Kier molecular flexibility index (Phi) is 4.86. The fourth-order valence-electron chi connectivity index (χ4n) is 1.54. The van der Waals surface area contributed by atoms with Gasteiger partial charge in [0.1, 0.15) is 25.5 Å². The number of rotatable bonds is 7. The first-order valence-electron chi connectivity index (χ1n) is 6.12. The molecule has 0 aliphatic carbocycles. The van der Waals surface area contributed by atoms with Crippen LogP contribution in [0.3, 0.4) is 0 Å². The summed E-state index contributed by atoms with van der Waals surface area (Å²) in [4.78, 5) is 22.3. The van der Waals surface area contributed by atoms with E-state index in [1.54, 1.807) is 12.1 Å². The minimum absolute atomic E-state index is 0.0603. The van der Waals surface area contributed by atoms with Gasteiger partial charge in [-0.25, -0.2) is 9.48 Å². The van der Waals surface area contributed by atoms with Crippen molar-refractivity contribution in [2.75, 3.05) is 13.2 Å². The Morgan fingerprint density at radius 2 is 1.95 bits per heavy atom. The molecule has 1 heterocycles. The quantitative estimate of drug-likeness (QED) is 0.588. The maximum absolute atomic E-state index is 11.5. The van der Waals surface area contributed by atoms with Crippen LogP contribution in [0.1, 0.15) is 10.5 Å². The molecule has 0 amide bonds. The SMILES string of the molecule is O=C(Cn1nncc1C(=O)O)OCCOc1ccccc1.